The van der Waals surface area contributed by atoms with Gasteiger partial charge in [-0.3, -0.25) is 4.79 Å². The Hall–Kier alpha value is -2.41. The van der Waals surface area contributed by atoms with E-state index in [1.165, 1.54) is 0 Å². The van der Waals surface area contributed by atoms with Crippen molar-refractivity contribution in [2.75, 3.05) is 25.4 Å². The number of aromatic nitrogens is 2. The lowest BCUT2D eigenvalue weighted by atomic mass is 10.1. The molecule has 116 valence electrons. The average Bonchev–Trinajstić information content (AvgIpc) is 2.86. The molecule has 7 heteroatoms. The van der Waals surface area contributed by atoms with E-state index in [0.717, 1.165) is 5.69 Å². The molecule has 1 saturated heterocycles. The molecular weight excluding hydrogens is 284 g/mol. The second-order valence-corrected chi connectivity index (χ2v) is 5.30. The third-order valence-corrected chi connectivity index (χ3v) is 3.72. The molecule has 0 spiro atoms. The number of aryl methyl sites for hydroxylation is 2. The zero-order chi connectivity index (χ0) is 15.7. The molecule has 1 fully saturated rings. The minimum Gasteiger partial charge on any atom is -0.384 e. The van der Waals surface area contributed by atoms with E-state index in [0.29, 0.717) is 42.5 Å². The van der Waals surface area contributed by atoms with Crippen molar-refractivity contribution in [3.63, 3.8) is 0 Å². The second-order valence-electron chi connectivity index (χ2n) is 5.30. The van der Waals surface area contributed by atoms with Crippen molar-refractivity contribution in [3.8, 4) is 0 Å². The van der Waals surface area contributed by atoms with Crippen molar-refractivity contribution < 1.29 is 14.1 Å². The summed E-state index contributed by atoms with van der Waals surface area (Å²) in [5.74, 6) is 0.886. The fourth-order valence-corrected chi connectivity index (χ4v) is 2.61. The highest BCUT2D eigenvalue weighted by atomic mass is 16.5. The van der Waals surface area contributed by atoms with E-state index in [9.17, 15) is 4.79 Å². The predicted molar refractivity (Wildman–Crippen MR) is 79.2 cm³/mol. The van der Waals surface area contributed by atoms with Crippen molar-refractivity contribution in [2.45, 2.75) is 20.0 Å². The first-order chi connectivity index (χ1) is 10.6. The average molecular weight is 302 g/mol. The summed E-state index contributed by atoms with van der Waals surface area (Å²) in [5.41, 5.74) is 7.57. The number of amides is 1. The number of morpholine rings is 1. The Morgan fingerprint density at radius 3 is 2.91 bits per heavy atom. The van der Waals surface area contributed by atoms with Crippen LogP contribution in [0.25, 0.3) is 0 Å². The van der Waals surface area contributed by atoms with Gasteiger partial charge in [-0.05, 0) is 26.0 Å². The maximum atomic E-state index is 12.7. The van der Waals surface area contributed by atoms with Crippen LogP contribution in [0.3, 0.4) is 0 Å². The van der Waals surface area contributed by atoms with Crippen LogP contribution >= 0.6 is 0 Å². The van der Waals surface area contributed by atoms with Crippen LogP contribution < -0.4 is 5.73 Å². The zero-order valence-electron chi connectivity index (χ0n) is 12.6. The van der Waals surface area contributed by atoms with E-state index in [2.05, 4.69) is 10.1 Å². The summed E-state index contributed by atoms with van der Waals surface area (Å²) in [5, 5.41) is 3.84. The largest absolute Gasteiger partial charge is 0.384 e. The van der Waals surface area contributed by atoms with Gasteiger partial charge in [0.25, 0.3) is 5.91 Å². The van der Waals surface area contributed by atoms with Gasteiger partial charge in [0.05, 0.1) is 24.5 Å². The number of rotatable bonds is 2. The highest BCUT2D eigenvalue weighted by molar-refractivity contribution is 5.96. The topological polar surface area (TPSA) is 94.5 Å². The van der Waals surface area contributed by atoms with E-state index in [1.54, 1.807) is 24.8 Å². The fourth-order valence-electron chi connectivity index (χ4n) is 2.61. The highest BCUT2D eigenvalue weighted by Crippen LogP contribution is 2.24. The smallest absolute Gasteiger partial charge is 0.259 e. The maximum absolute atomic E-state index is 12.7. The van der Waals surface area contributed by atoms with Gasteiger partial charge in [0, 0.05) is 6.54 Å². The summed E-state index contributed by atoms with van der Waals surface area (Å²) in [6.45, 7) is 4.92. The minimum absolute atomic E-state index is 0.0894. The van der Waals surface area contributed by atoms with Crippen molar-refractivity contribution >= 4 is 11.7 Å². The summed E-state index contributed by atoms with van der Waals surface area (Å²) in [4.78, 5) is 18.7. The molecule has 1 atom stereocenters. The highest BCUT2D eigenvalue weighted by Gasteiger charge is 2.30. The van der Waals surface area contributed by atoms with Crippen molar-refractivity contribution in [2.24, 2.45) is 0 Å². The number of hydrogen-bond acceptors (Lipinski definition) is 6. The maximum Gasteiger partial charge on any atom is 0.259 e. The molecule has 1 aliphatic rings. The van der Waals surface area contributed by atoms with Crippen LogP contribution in [0.2, 0.25) is 0 Å². The summed E-state index contributed by atoms with van der Waals surface area (Å²) < 4.78 is 10.8. The fraction of sp³-hybridized carbons (Fsp3) is 0.400. The van der Waals surface area contributed by atoms with Crippen molar-refractivity contribution in [3.05, 3.63) is 40.9 Å². The molecule has 1 unspecified atom stereocenters. The SMILES string of the molecule is Cc1noc(C)c1C(=O)N1CCOC(c2cccc(N)n2)C1. The summed E-state index contributed by atoms with van der Waals surface area (Å²) >= 11 is 0. The molecule has 0 aromatic carbocycles. The zero-order valence-corrected chi connectivity index (χ0v) is 12.6. The molecule has 2 N–H and O–H groups in total. The van der Waals surface area contributed by atoms with Gasteiger partial charge in [-0.2, -0.15) is 0 Å². The lowest BCUT2D eigenvalue weighted by Crippen LogP contribution is -2.42. The van der Waals surface area contributed by atoms with Crippen LogP contribution in [-0.2, 0) is 4.74 Å². The van der Waals surface area contributed by atoms with Crippen LogP contribution in [0.4, 0.5) is 5.82 Å². The second kappa shape index (κ2) is 5.76. The van der Waals surface area contributed by atoms with E-state index in [4.69, 9.17) is 15.0 Å². The lowest BCUT2D eigenvalue weighted by Gasteiger charge is -2.32. The van der Waals surface area contributed by atoms with Crippen LogP contribution in [-0.4, -0.2) is 40.6 Å². The molecule has 0 radical (unpaired) electrons. The normalized spacial score (nSPS) is 18.5. The molecule has 0 aliphatic carbocycles. The summed E-state index contributed by atoms with van der Waals surface area (Å²) in [6.07, 6.45) is -0.276. The van der Waals surface area contributed by atoms with Gasteiger partial charge in [-0.15, -0.1) is 0 Å². The number of ether oxygens (including phenoxy) is 1. The molecular formula is C15H18N4O3. The third-order valence-electron chi connectivity index (χ3n) is 3.72. The molecule has 0 bridgehead atoms. The summed E-state index contributed by atoms with van der Waals surface area (Å²) in [6, 6.07) is 5.40. The van der Waals surface area contributed by atoms with Crippen LogP contribution in [0.15, 0.2) is 22.7 Å². The Bertz CT molecular complexity index is 678. The first-order valence-corrected chi connectivity index (χ1v) is 7.12. The lowest BCUT2D eigenvalue weighted by molar-refractivity contribution is -0.0247. The number of carbonyl (C=O) groups is 1. The molecule has 7 nitrogen and oxygen atoms in total. The number of pyridine rings is 1. The number of carbonyl (C=O) groups excluding carboxylic acids is 1. The number of nitrogens with zero attached hydrogens (tertiary/aromatic N) is 3. The van der Waals surface area contributed by atoms with Gasteiger partial charge in [0.1, 0.15) is 23.2 Å². The summed E-state index contributed by atoms with van der Waals surface area (Å²) in [7, 11) is 0. The number of anilines is 1. The molecule has 22 heavy (non-hydrogen) atoms. The van der Waals surface area contributed by atoms with E-state index in [-0.39, 0.29) is 12.0 Å². The minimum atomic E-state index is -0.276. The van der Waals surface area contributed by atoms with Gasteiger partial charge in [-0.1, -0.05) is 11.2 Å². The quantitative estimate of drug-likeness (QED) is 0.903. The predicted octanol–water partition coefficient (Wildman–Crippen LogP) is 1.48. The van der Waals surface area contributed by atoms with Crippen LogP contribution in [0.1, 0.15) is 33.6 Å². The number of nitrogen functional groups attached to an aromatic ring is 1. The standard InChI is InChI=1S/C15H18N4O3/c1-9-14(10(2)22-18-9)15(20)19-6-7-21-12(8-19)11-4-3-5-13(16)17-11/h3-5,12H,6-8H2,1-2H3,(H2,16,17). The number of nitrogens with two attached hydrogens (primary N) is 1. The van der Waals surface area contributed by atoms with Crippen LogP contribution in [0.5, 0.6) is 0 Å². The van der Waals surface area contributed by atoms with E-state index >= 15 is 0 Å². The Morgan fingerprint density at radius 2 is 2.23 bits per heavy atom. The van der Waals surface area contributed by atoms with E-state index < -0.39 is 0 Å². The van der Waals surface area contributed by atoms with Crippen molar-refractivity contribution in [1.82, 2.24) is 15.0 Å². The first kappa shape index (κ1) is 14.5. The van der Waals surface area contributed by atoms with E-state index in [1.807, 2.05) is 12.1 Å². The molecule has 1 aliphatic heterocycles. The first-order valence-electron chi connectivity index (χ1n) is 7.12. The van der Waals surface area contributed by atoms with Gasteiger partial charge in [0.2, 0.25) is 0 Å². The molecule has 0 saturated carbocycles. The van der Waals surface area contributed by atoms with Gasteiger partial charge in [-0.25, -0.2) is 4.98 Å². The number of hydrogen-bond donors (Lipinski definition) is 1. The Labute approximate surface area is 128 Å². The Balaban J connectivity index is 1.80. The Morgan fingerprint density at radius 1 is 1.41 bits per heavy atom. The molecule has 2 aromatic rings. The third kappa shape index (κ3) is 2.67. The van der Waals surface area contributed by atoms with Crippen LogP contribution in [0, 0.1) is 13.8 Å². The molecule has 3 rings (SSSR count). The Kier molecular flexibility index (Phi) is 3.81. The monoisotopic (exact) mass is 302 g/mol. The van der Waals surface area contributed by atoms with Gasteiger partial charge < -0.3 is 19.9 Å². The van der Waals surface area contributed by atoms with Crippen molar-refractivity contribution in [1.29, 1.82) is 0 Å². The molecule has 3 heterocycles. The van der Waals surface area contributed by atoms with Gasteiger partial charge in [0.15, 0.2) is 0 Å². The molecule has 1 amide bonds. The van der Waals surface area contributed by atoms with Gasteiger partial charge >= 0.3 is 0 Å². The molecule has 2 aromatic heterocycles.